The molecule has 0 saturated carbocycles. The molecule has 0 heterocycles. The van der Waals surface area contributed by atoms with Crippen molar-refractivity contribution in [2.75, 3.05) is 0 Å². The van der Waals surface area contributed by atoms with Crippen molar-refractivity contribution in [3.05, 3.63) is 35.4 Å². The first kappa shape index (κ1) is 15.5. The Morgan fingerprint density at radius 3 is 2.80 bits per heavy atom. The maximum absolute atomic E-state index is 11.6. The number of aliphatic carboxylic acids is 1. The summed E-state index contributed by atoms with van der Waals surface area (Å²) in [6, 6.07) is 7.44. The van der Waals surface area contributed by atoms with Gasteiger partial charge in [0.1, 0.15) is 6.04 Å². The molecule has 6 heteroatoms. The van der Waals surface area contributed by atoms with E-state index in [1.165, 1.54) is 0 Å². The predicted octanol–water partition coefficient (Wildman–Crippen LogP) is 1.61. The Morgan fingerprint density at radius 1 is 1.45 bits per heavy atom. The minimum atomic E-state index is -1.05. The predicted molar refractivity (Wildman–Crippen MR) is 72.9 cm³/mol. The van der Waals surface area contributed by atoms with Crippen molar-refractivity contribution in [3.8, 4) is 6.07 Å². The summed E-state index contributed by atoms with van der Waals surface area (Å²) in [6.07, 6.45) is 1.05. The quantitative estimate of drug-likeness (QED) is 0.734. The number of carbonyl (C=O) groups excluding carboxylic acids is 1. The number of nitriles is 1. The topological polar surface area (TPSA) is 102 Å². The first-order valence-corrected chi connectivity index (χ1v) is 6.33. The fourth-order valence-corrected chi connectivity index (χ4v) is 1.69. The highest BCUT2D eigenvalue weighted by atomic mass is 16.4. The molecule has 0 unspecified atom stereocenters. The molecule has 3 N–H and O–H groups in total. The number of nitrogens with one attached hydrogen (secondary N) is 2. The molecule has 0 radical (unpaired) electrons. The average molecular weight is 275 g/mol. The number of amides is 2. The number of carboxylic acid groups (broad SMARTS) is 1. The molecule has 0 aromatic heterocycles. The number of urea groups is 1. The number of carboxylic acids is 1. The van der Waals surface area contributed by atoms with Crippen molar-refractivity contribution in [2.24, 2.45) is 0 Å². The highest BCUT2D eigenvalue weighted by Gasteiger charge is 2.18. The van der Waals surface area contributed by atoms with E-state index < -0.39 is 18.0 Å². The summed E-state index contributed by atoms with van der Waals surface area (Å²) in [7, 11) is 0. The van der Waals surface area contributed by atoms with Crippen LogP contribution < -0.4 is 10.6 Å². The molecule has 20 heavy (non-hydrogen) atoms. The minimum Gasteiger partial charge on any atom is -0.480 e. The standard InChI is InChI=1S/C14H17N3O3/c1-2-4-12(13(18)19)17-14(20)16-9-11-6-3-5-10(7-11)8-15/h3,5-7,12H,2,4,9H2,1H3,(H,18,19)(H2,16,17,20)/t12-/m1/s1. The Morgan fingerprint density at radius 2 is 2.20 bits per heavy atom. The Balaban J connectivity index is 2.50. The molecule has 106 valence electrons. The van der Waals surface area contributed by atoms with Crippen LogP contribution in [0.25, 0.3) is 0 Å². The smallest absolute Gasteiger partial charge is 0.326 e. The van der Waals surface area contributed by atoms with Gasteiger partial charge in [0.05, 0.1) is 11.6 Å². The van der Waals surface area contributed by atoms with E-state index in [0.29, 0.717) is 18.4 Å². The Kier molecular flexibility index (Phi) is 6.04. The second-order valence-electron chi connectivity index (χ2n) is 4.32. The molecule has 1 aromatic rings. The molecule has 0 aliphatic rings. The maximum Gasteiger partial charge on any atom is 0.326 e. The SMILES string of the molecule is CCC[C@@H](NC(=O)NCc1cccc(C#N)c1)C(=O)O. The molecule has 0 aliphatic carbocycles. The average Bonchev–Trinajstić information content (AvgIpc) is 2.44. The minimum absolute atomic E-state index is 0.236. The van der Waals surface area contributed by atoms with Crippen molar-refractivity contribution in [3.63, 3.8) is 0 Å². The van der Waals surface area contributed by atoms with Gasteiger partial charge >= 0.3 is 12.0 Å². The van der Waals surface area contributed by atoms with Crippen LogP contribution in [0.3, 0.4) is 0 Å². The molecule has 1 aromatic carbocycles. The van der Waals surface area contributed by atoms with Crippen LogP contribution >= 0.6 is 0 Å². The largest absolute Gasteiger partial charge is 0.480 e. The molecule has 2 amide bonds. The number of hydrogen-bond donors (Lipinski definition) is 3. The Labute approximate surface area is 117 Å². The first-order chi connectivity index (χ1) is 9.56. The molecule has 0 aliphatic heterocycles. The van der Waals surface area contributed by atoms with Gasteiger partial charge in [-0.25, -0.2) is 9.59 Å². The molecule has 0 saturated heterocycles. The van der Waals surface area contributed by atoms with Crippen LogP contribution in [0, 0.1) is 11.3 Å². The van der Waals surface area contributed by atoms with Gasteiger partial charge in [-0.1, -0.05) is 25.5 Å². The van der Waals surface area contributed by atoms with Gasteiger partial charge in [0.15, 0.2) is 0 Å². The fourth-order valence-electron chi connectivity index (χ4n) is 1.69. The molecule has 0 bridgehead atoms. The van der Waals surface area contributed by atoms with Crippen molar-refractivity contribution < 1.29 is 14.7 Å². The summed E-state index contributed by atoms with van der Waals surface area (Å²) >= 11 is 0. The number of hydrogen-bond acceptors (Lipinski definition) is 3. The van der Waals surface area contributed by atoms with Crippen LogP contribution in [0.1, 0.15) is 30.9 Å². The second kappa shape index (κ2) is 7.79. The third-order valence-corrected chi connectivity index (χ3v) is 2.69. The van der Waals surface area contributed by atoms with Gasteiger partial charge in [0.2, 0.25) is 0 Å². The van der Waals surface area contributed by atoms with E-state index in [2.05, 4.69) is 10.6 Å². The zero-order valence-electron chi connectivity index (χ0n) is 11.2. The van der Waals surface area contributed by atoms with Crippen LogP contribution in [-0.4, -0.2) is 23.1 Å². The van der Waals surface area contributed by atoms with Crippen molar-refractivity contribution in [2.45, 2.75) is 32.4 Å². The Bertz CT molecular complexity index is 523. The van der Waals surface area contributed by atoms with E-state index in [-0.39, 0.29) is 6.54 Å². The van der Waals surface area contributed by atoms with E-state index in [1.54, 1.807) is 24.3 Å². The van der Waals surface area contributed by atoms with Crippen LogP contribution in [-0.2, 0) is 11.3 Å². The van der Waals surface area contributed by atoms with Crippen LogP contribution in [0.15, 0.2) is 24.3 Å². The van der Waals surface area contributed by atoms with Crippen LogP contribution in [0.2, 0.25) is 0 Å². The van der Waals surface area contributed by atoms with Crippen molar-refractivity contribution in [1.82, 2.24) is 10.6 Å². The number of benzene rings is 1. The zero-order valence-corrected chi connectivity index (χ0v) is 11.2. The molecule has 6 nitrogen and oxygen atoms in total. The lowest BCUT2D eigenvalue weighted by Gasteiger charge is -2.14. The summed E-state index contributed by atoms with van der Waals surface area (Å²) in [5.41, 5.74) is 1.29. The lowest BCUT2D eigenvalue weighted by molar-refractivity contribution is -0.139. The molecular weight excluding hydrogens is 258 g/mol. The summed E-state index contributed by atoms with van der Waals surface area (Å²) in [6.45, 7) is 2.09. The Hall–Kier alpha value is -2.55. The highest BCUT2D eigenvalue weighted by Crippen LogP contribution is 2.03. The third-order valence-electron chi connectivity index (χ3n) is 2.69. The normalized spacial score (nSPS) is 11.2. The zero-order chi connectivity index (χ0) is 15.0. The summed E-state index contributed by atoms with van der Waals surface area (Å²) < 4.78 is 0. The number of rotatable bonds is 6. The van der Waals surface area contributed by atoms with E-state index in [1.807, 2.05) is 13.0 Å². The van der Waals surface area contributed by atoms with E-state index in [9.17, 15) is 9.59 Å². The lowest BCUT2D eigenvalue weighted by atomic mass is 10.1. The fraction of sp³-hybridized carbons (Fsp3) is 0.357. The maximum atomic E-state index is 11.6. The molecule has 1 atom stereocenters. The lowest BCUT2D eigenvalue weighted by Crippen LogP contribution is -2.45. The van der Waals surface area contributed by atoms with Crippen molar-refractivity contribution in [1.29, 1.82) is 5.26 Å². The number of carbonyl (C=O) groups is 2. The van der Waals surface area contributed by atoms with Crippen LogP contribution in [0.5, 0.6) is 0 Å². The molecular formula is C14H17N3O3. The van der Waals surface area contributed by atoms with E-state index >= 15 is 0 Å². The van der Waals surface area contributed by atoms with Gasteiger partial charge in [-0.3, -0.25) is 0 Å². The van der Waals surface area contributed by atoms with Gasteiger partial charge in [-0.15, -0.1) is 0 Å². The van der Waals surface area contributed by atoms with Gasteiger partial charge in [0.25, 0.3) is 0 Å². The number of nitrogens with zero attached hydrogens (tertiary/aromatic N) is 1. The van der Waals surface area contributed by atoms with Gasteiger partial charge in [0, 0.05) is 6.54 Å². The van der Waals surface area contributed by atoms with Crippen molar-refractivity contribution >= 4 is 12.0 Å². The highest BCUT2D eigenvalue weighted by molar-refractivity contribution is 5.82. The summed E-state index contributed by atoms with van der Waals surface area (Å²) in [5.74, 6) is -1.05. The molecule has 1 rings (SSSR count). The van der Waals surface area contributed by atoms with Gasteiger partial charge in [-0.05, 0) is 24.1 Å². The van der Waals surface area contributed by atoms with Gasteiger partial charge < -0.3 is 15.7 Å². The third kappa shape index (κ3) is 4.98. The molecule has 0 spiro atoms. The summed E-state index contributed by atoms with van der Waals surface area (Å²) in [4.78, 5) is 22.5. The van der Waals surface area contributed by atoms with E-state index in [0.717, 1.165) is 5.56 Å². The molecule has 0 fully saturated rings. The monoisotopic (exact) mass is 275 g/mol. The van der Waals surface area contributed by atoms with E-state index in [4.69, 9.17) is 10.4 Å². The summed E-state index contributed by atoms with van der Waals surface area (Å²) in [5, 5.41) is 22.7. The first-order valence-electron chi connectivity index (χ1n) is 6.33. The van der Waals surface area contributed by atoms with Crippen LogP contribution in [0.4, 0.5) is 4.79 Å². The second-order valence-corrected chi connectivity index (χ2v) is 4.32. The van der Waals surface area contributed by atoms with Gasteiger partial charge in [-0.2, -0.15) is 5.26 Å².